The van der Waals surface area contributed by atoms with Gasteiger partial charge in [-0.1, -0.05) is 0 Å². The fourth-order valence-electron chi connectivity index (χ4n) is 1.39. The summed E-state index contributed by atoms with van der Waals surface area (Å²) in [6, 6.07) is -0.953. The highest BCUT2D eigenvalue weighted by Crippen LogP contribution is 2.23. The summed E-state index contributed by atoms with van der Waals surface area (Å²) < 4.78 is 0. The lowest BCUT2D eigenvalue weighted by Crippen LogP contribution is -2.32. The van der Waals surface area contributed by atoms with Gasteiger partial charge in [0.2, 0.25) is 5.78 Å². The number of hydrogen-bond donors (Lipinski definition) is 1. The molecule has 2 rings (SSSR count). The van der Waals surface area contributed by atoms with Crippen LogP contribution in [-0.4, -0.2) is 33.6 Å². The molecule has 0 aromatic rings. The van der Waals surface area contributed by atoms with E-state index >= 15 is 0 Å². The maximum Gasteiger partial charge on any atom is 0.340 e. The fourth-order valence-corrected chi connectivity index (χ4v) is 1.39. The summed E-state index contributed by atoms with van der Waals surface area (Å²) in [7, 11) is 0. The second-order valence-corrected chi connectivity index (χ2v) is 2.78. The molecule has 0 fully saturated rings. The zero-order chi connectivity index (χ0) is 9.59. The van der Waals surface area contributed by atoms with Crippen LogP contribution in [0.5, 0.6) is 0 Å². The summed E-state index contributed by atoms with van der Waals surface area (Å²) in [6.45, 7) is 0. The van der Waals surface area contributed by atoms with Crippen molar-refractivity contribution in [2.45, 2.75) is 6.04 Å². The van der Waals surface area contributed by atoms with Gasteiger partial charge < -0.3 is 10.0 Å². The van der Waals surface area contributed by atoms with Gasteiger partial charge in [0.15, 0.2) is 11.8 Å². The maximum absolute atomic E-state index is 11.3. The lowest BCUT2D eigenvalue weighted by molar-refractivity contribution is -0.134. The number of carboxylic acids is 1. The Morgan fingerprint density at radius 3 is 2.69 bits per heavy atom. The number of nitrogens with zero attached hydrogens (tertiary/aromatic N) is 1. The van der Waals surface area contributed by atoms with Crippen molar-refractivity contribution in [1.82, 2.24) is 4.90 Å². The van der Waals surface area contributed by atoms with Crippen LogP contribution >= 0.6 is 0 Å². The number of rotatable bonds is 1. The summed E-state index contributed by atoms with van der Waals surface area (Å²) in [4.78, 5) is 34.2. The van der Waals surface area contributed by atoms with E-state index in [4.69, 9.17) is 5.11 Å². The van der Waals surface area contributed by atoms with Gasteiger partial charge in [0, 0.05) is 18.5 Å². The molecule has 2 aliphatic rings. The molecule has 1 atom stereocenters. The first-order valence-corrected chi connectivity index (χ1v) is 3.60. The molecule has 2 heterocycles. The molecule has 0 radical (unpaired) electrons. The second kappa shape index (κ2) is 2.29. The number of carbonyl (C=O) groups is 3. The van der Waals surface area contributed by atoms with Gasteiger partial charge in [-0.05, 0) is 0 Å². The second-order valence-electron chi connectivity index (χ2n) is 2.78. The van der Waals surface area contributed by atoms with Crippen LogP contribution in [0.1, 0.15) is 0 Å². The van der Waals surface area contributed by atoms with Crippen LogP contribution in [0, 0.1) is 0 Å². The van der Waals surface area contributed by atoms with Crippen LogP contribution in [0.3, 0.4) is 0 Å². The van der Waals surface area contributed by atoms with Crippen LogP contribution < -0.4 is 0 Å². The average Bonchev–Trinajstić information content (AvgIpc) is 2.55. The normalized spacial score (nSPS) is 25.1. The molecule has 0 saturated heterocycles. The minimum absolute atomic E-state index is 0.331. The fraction of sp³-hybridized carbons (Fsp3) is 0.125. The van der Waals surface area contributed by atoms with Gasteiger partial charge in [0.25, 0.3) is 0 Å². The molecule has 0 aliphatic carbocycles. The van der Waals surface area contributed by atoms with Gasteiger partial charge in [0.1, 0.15) is 5.57 Å². The van der Waals surface area contributed by atoms with Gasteiger partial charge in [-0.2, -0.15) is 0 Å². The van der Waals surface area contributed by atoms with Gasteiger partial charge >= 0.3 is 5.97 Å². The van der Waals surface area contributed by atoms with Crippen molar-refractivity contribution in [2.24, 2.45) is 0 Å². The highest BCUT2D eigenvalue weighted by Gasteiger charge is 2.42. The van der Waals surface area contributed by atoms with E-state index in [0.29, 0.717) is 0 Å². The third-order valence-corrected chi connectivity index (χ3v) is 2.00. The van der Waals surface area contributed by atoms with Crippen molar-refractivity contribution in [2.75, 3.05) is 0 Å². The first kappa shape index (κ1) is 7.72. The zero-order valence-electron chi connectivity index (χ0n) is 6.43. The van der Waals surface area contributed by atoms with E-state index < -0.39 is 17.8 Å². The van der Waals surface area contributed by atoms with E-state index in [-0.39, 0.29) is 11.4 Å². The van der Waals surface area contributed by atoms with Crippen LogP contribution in [0.25, 0.3) is 0 Å². The molecule has 1 unspecified atom stereocenters. The molecule has 5 nitrogen and oxygen atoms in total. The minimum atomic E-state index is -1.29. The molecule has 0 aromatic carbocycles. The summed E-state index contributed by atoms with van der Waals surface area (Å²) in [5.74, 6) is -2.29. The third-order valence-electron chi connectivity index (χ3n) is 2.00. The molecule has 5 heteroatoms. The Hall–Kier alpha value is -1.91. The highest BCUT2D eigenvalue weighted by atomic mass is 16.4. The number of aliphatic carboxylic acids is 1. The Morgan fingerprint density at radius 2 is 2.15 bits per heavy atom. The first-order valence-electron chi connectivity index (χ1n) is 3.60. The number of ketones is 2. The Morgan fingerprint density at radius 1 is 1.46 bits per heavy atom. The standard InChI is InChI=1S/C8H5NO4/c10-5-1-2-9-3-4(8(12)13)7(11)6(5)9/h1-3,6H,(H,12,13). The molecular weight excluding hydrogens is 174 g/mol. The lowest BCUT2D eigenvalue weighted by atomic mass is 10.1. The van der Waals surface area contributed by atoms with E-state index in [9.17, 15) is 14.4 Å². The molecule has 0 saturated carbocycles. The van der Waals surface area contributed by atoms with E-state index in [0.717, 1.165) is 0 Å². The van der Waals surface area contributed by atoms with Crippen molar-refractivity contribution in [3.8, 4) is 0 Å². The SMILES string of the molecule is O=C(O)C1=CN2C=CC(=O)C2C1=O. The van der Waals surface area contributed by atoms with Gasteiger partial charge in [-0.25, -0.2) is 4.79 Å². The van der Waals surface area contributed by atoms with Crippen molar-refractivity contribution in [1.29, 1.82) is 0 Å². The summed E-state index contributed by atoms with van der Waals surface area (Å²) in [5.41, 5.74) is -0.331. The van der Waals surface area contributed by atoms with Crippen LogP contribution in [0.15, 0.2) is 24.0 Å². The predicted octanol–water partition coefficient (Wildman–Crippen LogP) is -0.695. The summed E-state index contributed by atoms with van der Waals surface area (Å²) in [5, 5.41) is 8.57. The molecule has 0 bridgehead atoms. The van der Waals surface area contributed by atoms with Crippen molar-refractivity contribution in [3.05, 3.63) is 24.0 Å². The molecule has 66 valence electrons. The molecule has 0 amide bonds. The van der Waals surface area contributed by atoms with Crippen molar-refractivity contribution >= 4 is 17.5 Å². The molecule has 13 heavy (non-hydrogen) atoms. The number of carboxylic acid groups (broad SMARTS) is 1. The Balaban J connectivity index is 2.40. The molecule has 1 N–H and O–H groups in total. The molecule has 2 aliphatic heterocycles. The maximum atomic E-state index is 11.3. The molecule has 0 aromatic heterocycles. The van der Waals surface area contributed by atoms with E-state index in [1.165, 1.54) is 23.4 Å². The number of Topliss-reactive ketones (excluding diaryl/α,β-unsaturated/α-hetero) is 1. The zero-order valence-corrected chi connectivity index (χ0v) is 6.43. The van der Waals surface area contributed by atoms with Crippen LogP contribution in [-0.2, 0) is 14.4 Å². The Bertz CT molecular complexity index is 380. The van der Waals surface area contributed by atoms with E-state index in [2.05, 4.69) is 0 Å². The van der Waals surface area contributed by atoms with E-state index in [1.807, 2.05) is 0 Å². The number of fused-ring (bicyclic) bond motifs is 1. The summed E-state index contributed by atoms with van der Waals surface area (Å²) in [6.07, 6.45) is 3.84. The van der Waals surface area contributed by atoms with Gasteiger partial charge in [-0.3, -0.25) is 9.59 Å². The van der Waals surface area contributed by atoms with Gasteiger partial charge in [0.05, 0.1) is 0 Å². The molecule has 0 spiro atoms. The quantitative estimate of drug-likeness (QED) is 0.425. The minimum Gasteiger partial charge on any atom is -0.478 e. The van der Waals surface area contributed by atoms with E-state index in [1.54, 1.807) is 0 Å². The van der Waals surface area contributed by atoms with Crippen LogP contribution in [0.2, 0.25) is 0 Å². The topological polar surface area (TPSA) is 74.7 Å². The Kier molecular flexibility index (Phi) is 1.36. The molecular formula is C8H5NO4. The smallest absolute Gasteiger partial charge is 0.340 e. The van der Waals surface area contributed by atoms with Crippen molar-refractivity contribution in [3.63, 3.8) is 0 Å². The third kappa shape index (κ3) is 0.900. The number of hydrogen-bond acceptors (Lipinski definition) is 4. The van der Waals surface area contributed by atoms with Crippen molar-refractivity contribution < 1.29 is 19.5 Å². The van der Waals surface area contributed by atoms with Gasteiger partial charge in [-0.15, -0.1) is 0 Å². The monoisotopic (exact) mass is 179 g/mol. The predicted molar refractivity (Wildman–Crippen MR) is 40.5 cm³/mol. The average molecular weight is 179 g/mol. The highest BCUT2D eigenvalue weighted by molar-refractivity contribution is 6.29. The largest absolute Gasteiger partial charge is 0.478 e. The lowest BCUT2D eigenvalue weighted by Gasteiger charge is -2.09. The van der Waals surface area contributed by atoms with Crippen LogP contribution in [0.4, 0.5) is 0 Å². The first-order chi connectivity index (χ1) is 6.11. The number of carbonyl (C=O) groups excluding carboxylic acids is 2. The Labute approximate surface area is 72.9 Å². The summed E-state index contributed by atoms with van der Waals surface area (Å²) >= 11 is 0.